The van der Waals surface area contributed by atoms with Gasteiger partial charge in [0.2, 0.25) is 0 Å². The van der Waals surface area contributed by atoms with Crippen molar-refractivity contribution in [3.63, 3.8) is 0 Å². The minimum Gasteiger partial charge on any atom is -0.438 e. The lowest BCUT2D eigenvalue weighted by molar-refractivity contribution is 0.335. The molecule has 4 atom stereocenters. The molecule has 2 aliphatic heterocycles. The second-order valence-corrected chi connectivity index (χ2v) is 9.65. The van der Waals surface area contributed by atoms with Crippen molar-refractivity contribution < 1.29 is 9.31 Å². The van der Waals surface area contributed by atoms with E-state index in [2.05, 4.69) is 12.2 Å². The smallest absolute Gasteiger partial charge is 0.293 e. The molecule has 0 spiro atoms. The molecule has 4 rings (SSSR count). The molecule has 0 radical (unpaired) electrons. The first-order valence-electron chi connectivity index (χ1n) is 11.2. The third-order valence-corrected chi connectivity index (χ3v) is 7.55. The van der Waals surface area contributed by atoms with Crippen molar-refractivity contribution in [2.24, 2.45) is 23.7 Å². The molecule has 4 aliphatic rings. The van der Waals surface area contributed by atoms with Gasteiger partial charge < -0.3 is 9.31 Å². The molecular weight excluding hydrogens is 318 g/mol. The lowest BCUT2D eigenvalue weighted by atomic mass is 9.47. The fraction of sp³-hybridized carbons (Fsp3) is 0.818. The predicted octanol–water partition coefficient (Wildman–Crippen LogP) is 5.76. The molecule has 2 fully saturated rings. The Morgan fingerprint density at radius 1 is 0.769 bits per heavy atom. The molecule has 26 heavy (non-hydrogen) atoms. The van der Waals surface area contributed by atoms with Crippen LogP contribution in [0.4, 0.5) is 0 Å². The van der Waals surface area contributed by atoms with Gasteiger partial charge in [0.05, 0.1) is 0 Å². The zero-order valence-corrected chi connectivity index (χ0v) is 16.9. The summed E-state index contributed by atoms with van der Waals surface area (Å²) in [6.07, 6.45) is 21.3. The molecule has 0 aromatic heterocycles. The van der Waals surface area contributed by atoms with Gasteiger partial charge in [0, 0.05) is 14.2 Å². The highest BCUT2D eigenvalue weighted by atomic mass is 16.4. The van der Waals surface area contributed by atoms with Gasteiger partial charge >= 0.3 is 0 Å². The summed E-state index contributed by atoms with van der Waals surface area (Å²) in [7, 11) is 3.78. The van der Waals surface area contributed by atoms with Gasteiger partial charge in [0.1, 0.15) is 0 Å². The van der Waals surface area contributed by atoms with Gasteiger partial charge in [-0.2, -0.15) is 0 Å². The Balaban J connectivity index is 1.20. The second kappa shape index (κ2) is 8.69. The molecule has 2 nitrogen and oxygen atoms in total. The van der Waals surface area contributed by atoms with E-state index in [4.69, 9.17) is 9.31 Å². The van der Waals surface area contributed by atoms with Crippen LogP contribution in [0.5, 0.6) is 0 Å². The topological polar surface area (TPSA) is 18.5 Å². The lowest BCUT2D eigenvalue weighted by Gasteiger charge is -2.36. The van der Waals surface area contributed by atoms with E-state index in [0.717, 1.165) is 23.7 Å². The van der Waals surface area contributed by atoms with E-state index < -0.39 is 0 Å². The van der Waals surface area contributed by atoms with Gasteiger partial charge in [-0.25, -0.2) is 0 Å². The van der Waals surface area contributed by atoms with Crippen molar-refractivity contribution in [2.75, 3.05) is 14.2 Å². The molecule has 0 saturated carbocycles. The maximum Gasteiger partial charge on any atom is 0.293 e. The molecule has 4 heteroatoms. The van der Waals surface area contributed by atoms with Crippen LogP contribution in [0.1, 0.15) is 51.4 Å². The maximum atomic E-state index is 5.63. The average molecular weight is 354 g/mol. The molecule has 2 heterocycles. The molecule has 0 aromatic carbocycles. The van der Waals surface area contributed by atoms with E-state index in [9.17, 15) is 0 Å². The highest BCUT2D eigenvalue weighted by Crippen LogP contribution is 2.42. The number of fused-ring (bicyclic) bond motifs is 4. The number of unbranched alkanes of at least 4 members (excludes halogenated alkanes) is 1. The summed E-state index contributed by atoms with van der Waals surface area (Å²) in [5.74, 6) is 3.40. The summed E-state index contributed by atoms with van der Waals surface area (Å²) < 4.78 is 11.3. The Morgan fingerprint density at radius 3 is 1.62 bits per heavy atom. The van der Waals surface area contributed by atoms with Crippen LogP contribution in [0.2, 0.25) is 25.3 Å². The van der Waals surface area contributed by atoms with Crippen LogP contribution in [0.15, 0.2) is 23.3 Å². The zero-order valence-electron chi connectivity index (χ0n) is 16.9. The molecule has 0 N–H and O–H groups in total. The van der Waals surface area contributed by atoms with Crippen LogP contribution >= 0.6 is 0 Å². The third-order valence-electron chi connectivity index (χ3n) is 7.55. The first kappa shape index (κ1) is 18.9. The normalized spacial score (nSPS) is 33.8. The van der Waals surface area contributed by atoms with Gasteiger partial charge in [-0.15, -0.1) is 0 Å². The Morgan fingerprint density at radius 2 is 1.23 bits per heavy atom. The van der Waals surface area contributed by atoms with Crippen LogP contribution < -0.4 is 0 Å². The first-order valence-corrected chi connectivity index (χ1v) is 11.2. The van der Waals surface area contributed by atoms with E-state index in [-0.39, 0.29) is 0 Å². The highest BCUT2D eigenvalue weighted by Gasteiger charge is 2.35. The fourth-order valence-corrected chi connectivity index (χ4v) is 6.46. The summed E-state index contributed by atoms with van der Waals surface area (Å²) in [6, 6.07) is 0. The molecule has 142 valence electrons. The monoisotopic (exact) mass is 354 g/mol. The maximum absolute atomic E-state index is 5.63. The second-order valence-electron chi connectivity index (χ2n) is 9.65. The quantitative estimate of drug-likeness (QED) is 0.329. The van der Waals surface area contributed by atoms with E-state index in [1.807, 2.05) is 14.2 Å². The van der Waals surface area contributed by atoms with Crippen molar-refractivity contribution in [1.82, 2.24) is 0 Å². The van der Waals surface area contributed by atoms with Gasteiger partial charge in [0.15, 0.2) is 0 Å². The lowest BCUT2D eigenvalue weighted by Crippen LogP contribution is -2.32. The van der Waals surface area contributed by atoms with Gasteiger partial charge in [-0.1, -0.05) is 23.3 Å². The van der Waals surface area contributed by atoms with Gasteiger partial charge in [0.25, 0.3) is 13.8 Å². The van der Waals surface area contributed by atoms with Crippen molar-refractivity contribution in [2.45, 2.75) is 76.6 Å². The van der Waals surface area contributed by atoms with Crippen LogP contribution in [0.25, 0.3) is 0 Å². The third kappa shape index (κ3) is 4.68. The van der Waals surface area contributed by atoms with E-state index in [0.29, 0.717) is 13.8 Å². The number of rotatable bonds is 7. The Hall–Kier alpha value is -0.470. The van der Waals surface area contributed by atoms with Crippen LogP contribution in [0.3, 0.4) is 0 Å². The molecule has 4 bridgehead atoms. The fourth-order valence-electron chi connectivity index (χ4n) is 6.46. The van der Waals surface area contributed by atoms with Gasteiger partial charge in [-0.3, -0.25) is 0 Å². The van der Waals surface area contributed by atoms with Crippen LogP contribution in [0, 0.1) is 23.7 Å². The number of allylic oxidation sites excluding steroid dienone is 4. The molecule has 2 aliphatic carbocycles. The summed E-state index contributed by atoms with van der Waals surface area (Å²) in [6.45, 7) is 1.04. The van der Waals surface area contributed by atoms with Gasteiger partial charge in [-0.05, 0) is 100 Å². The summed E-state index contributed by atoms with van der Waals surface area (Å²) in [5, 5.41) is 0. The Labute approximate surface area is 161 Å². The number of hydrogen-bond acceptors (Lipinski definition) is 2. The highest BCUT2D eigenvalue weighted by molar-refractivity contribution is 6.52. The minimum absolute atomic E-state index is 0.520. The SMILES string of the molecule is COB1C[C@H]2C=C(CCCCC3=C[C@H]4CB(OC)C[C@@H](C3)C4)C[C@@H](C1)C2. The van der Waals surface area contributed by atoms with Crippen molar-refractivity contribution in [1.29, 1.82) is 0 Å². The largest absolute Gasteiger partial charge is 0.438 e. The van der Waals surface area contributed by atoms with Crippen molar-refractivity contribution in [3.05, 3.63) is 23.3 Å². The van der Waals surface area contributed by atoms with E-state index >= 15 is 0 Å². The molecule has 0 aromatic rings. The van der Waals surface area contributed by atoms with E-state index in [1.165, 1.54) is 76.6 Å². The standard InChI is InChI=1S/C22H36B2O2/c1-25-23-13-19-7-17(8-20(11-19)14-23)5-3-4-6-18-9-21-12-22(10-18)16-24(15-21)26-2/h7,9,19-22H,3-6,8,10-16H2,1-2H3/t19-,20+,21+,22-. The summed E-state index contributed by atoms with van der Waals surface area (Å²) in [4.78, 5) is 0. The Bertz CT molecular complexity index is 496. The van der Waals surface area contributed by atoms with Crippen LogP contribution in [-0.2, 0) is 9.31 Å². The number of hydrogen-bond donors (Lipinski definition) is 0. The zero-order chi connectivity index (χ0) is 17.9. The van der Waals surface area contributed by atoms with Crippen molar-refractivity contribution >= 4 is 13.8 Å². The molecular formula is C22H36B2O2. The summed E-state index contributed by atoms with van der Waals surface area (Å²) >= 11 is 0. The van der Waals surface area contributed by atoms with Crippen LogP contribution in [-0.4, -0.2) is 28.1 Å². The predicted molar refractivity (Wildman–Crippen MR) is 112 cm³/mol. The minimum atomic E-state index is 0.520. The summed E-state index contributed by atoms with van der Waals surface area (Å²) in [5.41, 5.74) is 3.52. The first-order chi connectivity index (χ1) is 12.7. The van der Waals surface area contributed by atoms with Crippen molar-refractivity contribution in [3.8, 4) is 0 Å². The van der Waals surface area contributed by atoms with E-state index in [1.54, 1.807) is 11.1 Å². The molecule has 0 unspecified atom stereocenters. The molecule has 0 amide bonds. The Kier molecular flexibility index (Phi) is 6.31. The average Bonchev–Trinajstić information content (AvgIpc) is 2.63. The molecule has 2 saturated heterocycles.